The minimum absolute atomic E-state index is 0.448. The van der Waals surface area contributed by atoms with E-state index in [0.717, 1.165) is 28.9 Å². The van der Waals surface area contributed by atoms with Crippen LogP contribution in [0, 0.1) is 11.3 Å². The van der Waals surface area contributed by atoms with E-state index in [4.69, 9.17) is 15.1 Å². The predicted octanol–water partition coefficient (Wildman–Crippen LogP) is 5.40. The fourth-order valence-corrected chi connectivity index (χ4v) is 4.47. The van der Waals surface area contributed by atoms with Crippen LogP contribution in [-0.4, -0.2) is 26.4 Å². The minimum Gasteiger partial charge on any atom is -0.478 e. The molecular formula is C30H25N5O. The maximum absolute atomic E-state index is 9.05. The van der Waals surface area contributed by atoms with Crippen molar-refractivity contribution in [3.05, 3.63) is 144 Å². The van der Waals surface area contributed by atoms with Crippen molar-refractivity contribution in [2.75, 3.05) is 6.61 Å². The van der Waals surface area contributed by atoms with Gasteiger partial charge >= 0.3 is 0 Å². The molecule has 2 aromatic heterocycles. The first kappa shape index (κ1) is 23.0. The number of ether oxygens (including phenoxy) is 1. The van der Waals surface area contributed by atoms with E-state index in [-0.39, 0.29) is 0 Å². The molecule has 0 fully saturated rings. The molecule has 36 heavy (non-hydrogen) atoms. The third kappa shape index (κ3) is 4.59. The maximum atomic E-state index is 9.05. The molecule has 0 unspecified atom stereocenters. The maximum Gasteiger partial charge on any atom is 0.214 e. The molecule has 0 atom stereocenters. The van der Waals surface area contributed by atoms with E-state index < -0.39 is 5.54 Å². The van der Waals surface area contributed by atoms with Crippen LogP contribution in [-0.2, 0) is 12.0 Å². The van der Waals surface area contributed by atoms with Gasteiger partial charge in [0.15, 0.2) is 5.82 Å². The molecule has 176 valence electrons. The molecule has 0 radical (unpaired) electrons. The average Bonchev–Trinajstić information content (AvgIpc) is 3.42. The first-order valence-corrected chi connectivity index (χ1v) is 11.9. The third-order valence-corrected chi connectivity index (χ3v) is 6.12. The third-order valence-electron chi connectivity index (χ3n) is 6.12. The number of aromatic nitrogens is 4. The largest absolute Gasteiger partial charge is 0.478 e. The highest BCUT2D eigenvalue weighted by molar-refractivity contribution is 5.50. The van der Waals surface area contributed by atoms with E-state index in [0.29, 0.717) is 24.5 Å². The van der Waals surface area contributed by atoms with Gasteiger partial charge in [-0.1, -0.05) is 91.0 Å². The number of aryl methyl sites for hydroxylation is 1. The Bertz CT molecular complexity index is 1350. The van der Waals surface area contributed by atoms with Crippen molar-refractivity contribution in [3.63, 3.8) is 0 Å². The smallest absolute Gasteiger partial charge is 0.214 e. The van der Waals surface area contributed by atoms with Gasteiger partial charge < -0.3 is 4.74 Å². The van der Waals surface area contributed by atoms with Crippen LogP contribution in [0.4, 0.5) is 0 Å². The highest BCUT2D eigenvalue weighted by atomic mass is 16.5. The van der Waals surface area contributed by atoms with Gasteiger partial charge in [-0.3, -0.25) is 0 Å². The Kier molecular flexibility index (Phi) is 6.81. The van der Waals surface area contributed by atoms with E-state index in [1.54, 1.807) is 18.3 Å². The molecule has 0 N–H and O–H groups in total. The van der Waals surface area contributed by atoms with Crippen LogP contribution in [0.5, 0.6) is 5.88 Å². The zero-order valence-electron chi connectivity index (χ0n) is 19.7. The van der Waals surface area contributed by atoms with Gasteiger partial charge in [0.05, 0.1) is 18.2 Å². The molecule has 2 heterocycles. The van der Waals surface area contributed by atoms with Crippen molar-refractivity contribution in [3.8, 4) is 11.9 Å². The number of nitriles is 1. The Labute approximate surface area is 210 Å². The summed E-state index contributed by atoms with van der Waals surface area (Å²) in [7, 11) is 0. The second-order valence-electron chi connectivity index (χ2n) is 8.36. The Morgan fingerprint density at radius 2 is 1.36 bits per heavy atom. The standard InChI is InChI=1S/C30H25N5O/c31-22-24-18-19-32-29(21-24)36-20-10-17-28-33-23-35(34-28)30(25-11-4-1-5-12-25,26-13-6-2-7-14-26)27-15-8-3-9-16-27/h1-9,11-16,18-19,21,23H,10,17,20H2. The lowest BCUT2D eigenvalue weighted by Gasteiger charge is -2.35. The van der Waals surface area contributed by atoms with Crippen molar-refractivity contribution >= 4 is 0 Å². The van der Waals surface area contributed by atoms with Gasteiger partial charge in [0.25, 0.3) is 0 Å². The van der Waals surface area contributed by atoms with Crippen molar-refractivity contribution in [1.29, 1.82) is 5.26 Å². The van der Waals surface area contributed by atoms with Crippen LogP contribution in [0.15, 0.2) is 116 Å². The fourth-order valence-electron chi connectivity index (χ4n) is 4.47. The Morgan fingerprint density at radius 1 is 0.778 bits per heavy atom. The molecule has 0 aliphatic heterocycles. The zero-order valence-corrected chi connectivity index (χ0v) is 19.7. The van der Waals surface area contributed by atoms with E-state index in [2.05, 4.69) is 88.8 Å². The molecule has 5 rings (SSSR count). The van der Waals surface area contributed by atoms with E-state index in [1.807, 2.05) is 29.2 Å². The second kappa shape index (κ2) is 10.7. The molecule has 0 aliphatic carbocycles. The molecule has 5 aromatic rings. The van der Waals surface area contributed by atoms with Gasteiger partial charge in [0.1, 0.15) is 11.9 Å². The van der Waals surface area contributed by atoms with Gasteiger partial charge in [-0.05, 0) is 29.2 Å². The molecule has 0 spiro atoms. The molecule has 6 nitrogen and oxygen atoms in total. The number of nitrogens with zero attached hydrogens (tertiary/aromatic N) is 5. The first-order chi connectivity index (χ1) is 17.8. The Morgan fingerprint density at radius 3 is 1.92 bits per heavy atom. The summed E-state index contributed by atoms with van der Waals surface area (Å²) in [5.41, 5.74) is 3.16. The van der Waals surface area contributed by atoms with Crippen LogP contribution in [0.3, 0.4) is 0 Å². The summed E-state index contributed by atoms with van der Waals surface area (Å²) in [5.74, 6) is 1.19. The SMILES string of the molecule is N#Cc1ccnc(OCCCc2ncn(C(c3ccccc3)(c3ccccc3)c3ccccc3)n2)c1. The average molecular weight is 472 g/mol. The molecule has 0 bridgehead atoms. The van der Waals surface area contributed by atoms with E-state index in [9.17, 15) is 0 Å². The zero-order chi connectivity index (χ0) is 24.6. The van der Waals surface area contributed by atoms with Crippen LogP contribution < -0.4 is 4.74 Å². The molecule has 0 aliphatic rings. The number of hydrogen-bond acceptors (Lipinski definition) is 5. The molecule has 6 heteroatoms. The highest BCUT2D eigenvalue weighted by Crippen LogP contribution is 2.40. The monoisotopic (exact) mass is 471 g/mol. The lowest BCUT2D eigenvalue weighted by molar-refractivity contribution is 0.298. The Hall–Kier alpha value is -4.76. The summed E-state index contributed by atoms with van der Waals surface area (Å²) in [6.07, 6.45) is 4.77. The van der Waals surface area contributed by atoms with Gasteiger partial charge in [0.2, 0.25) is 5.88 Å². The van der Waals surface area contributed by atoms with Crippen LogP contribution in [0.1, 0.15) is 34.5 Å². The topological polar surface area (TPSA) is 76.6 Å². The van der Waals surface area contributed by atoms with Crippen molar-refractivity contribution in [2.45, 2.75) is 18.4 Å². The predicted molar refractivity (Wildman–Crippen MR) is 137 cm³/mol. The highest BCUT2D eigenvalue weighted by Gasteiger charge is 2.39. The number of rotatable bonds is 9. The summed E-state index contributed by atoms with van der Waals surface area (Å²) in [4.78, 5) is 8.83. The summed E-state index contributed by atoms with van der Waals surface area (Å²) in [5, 5.41) is 14.0. The van der Waals surface area contributed by atoms with Gasteiger partial charge in [-0.25, -0.2) is 14.6 Å². The Balaban J connectivity index is 1.45. The molecular weight excluding hydrogens is 446 g/mol. The van der Waals surface area contributed by atoms with Crippen molar-refractivity contribution < 1.29 is 4.74 Å². The molecule has 3 aromatic carbocycles. The van der Waals surface area contributed by atoms with Crippen molar-refractivity contribution in [2.24, 2.45) is 0 Å². The minimum atomic E-state index is -0.673. The van der Waals surface area contributed by atoms with Gasteiger partial charge in [-0.2, -0.15) is 10.4 Å². The number of hydrogen-bond donors (Lipinski definition) is 0. The van der Waals surface area contributed by atoms with Gasteiger partial charge in [-0.15, -0.1) is 0 Å². The molecule has 0 saturated carbocycles. The quantitative estimate of drug-likeness (QED) is 0.213. The van der Waals surface area contributed by atoms with Crippen LogP contribution >= 0.6 is 0 Å². The van der Waals surface area contributed by atoms with E-state index in [1.165, 1.54) is 0 Å². The van der Waals surface area contributed by atoms with E-state index >= 15 is 0 Å². The second-order valence-corrected chi connectivity index (χ2v) is 8.36. The summed E-state index contributed by atoms with van der Waals surface area (Å²) < 4.78 is 7.70. The van der Waals surface area contributed by atoms with Crippen LogP contribution in [0.2, 0.25) is 0 Å². The molecule has 0 amide bonds. The lowest BCUT2D eigenvalue weighted by Crippen LogP contribution is -2.38. The van der Waals surface area contributed by atoms with Crippen molar-refractivity contribution in [1.82, 2.24) is 19.7 Å². The first-order valence-electron chi connectivity index (χ1n) is 11.9. The number of pyridine rings is 1. The normalized spacial score (nSPS) is 11.1. The van der Waals surface area contributed by atoms with Crippen LogP contribution in [0.25, 0.3) is 0 Å². The fraction of sp³-hybridized carbons (Fsp3) is 0.133. The molecule has 0 saturated heterocycles. The van der Waals surface area contributed by atoms with Gasteiger partial charge in [0, 0.05) is 18.7 Å². The summed E-state index contributed by atoms with van der Waals surface area (Å²) in [6, 6.07) is 36.6. The lowest BCUT2D eigenvalue weighted by atomic mass is 9.77. The summed E-state index contributed by atoms with van der Waals surface area (Å²) in [6.45, 7) is 0.456. The summed E-state index contributed by atoms with van der Waals surface area (Å²) >= 11 is 0. The number of benzene rings is 3.